The lowest BCUT2D eigenvalue weighted by molar-refractivity contribution is 0.588. The van der Waals surface area contributed by atoms with E-state index in [2.05, 4.69) is 15.0 Å². The van der Waals surface area contributed by atoms with Crippen LogP contribution in [0, 0.1) is 0 Å². The van der Waals surface area contributed by atoms with Crippen LogP contribution in [0.1, 0.15) is 6.42 Å². The molecule has 2 rings (SSSR count). The Labute approximate surface area is 124 Å². The van der Waals surface area contributed by atoms with E-state index in [0.717, 1.165) is 25.2 Å². The topological polar surface area (TPSA) is 102 Å². The lowest BCUT2D eigenvalue weighted by Gasteiger charge is -2.10. The quantitative estimate of drug-likeness (QED) is 0.520. The maximum absolute atomic E-state index is 11.7. The van der Waals surface area contributed by atoms with Gasteiger partial charge in [-0.15, -0.1) is 0 Å². The van der Waals surface area contributed by atoms with Gasteiger partial charge in [0.2, 0.25) is 10.0 Å². The number of nitrogens with two attached hydrogens (primary N) is 1. The first-order valence-electron chi connectivity index (χ1n) is 6.55. The van der Waals surface area contributed by atoms with Crippen LogP contribution in [0.15, 0.2) is 41.8 Å². The van der Waals surface area contributed by atoms with Crippen molar-refractivity contribution < 1.29 is 8.42 Å². The fourth-order valence-corrected chi connectivity index (χ4v) is 2.76. The van der Waals surface area contributed by atoms with E-state index >= 15 is 0 Å². The molecule has 8 heteroatoms. The minimum absolute atomic E-state index is 0.0916. The van der Waals surface area contributed by atoms with Crippen molar-refractivity contribution in [3.63, 3.8) is 0 Å². The molecule has 0 saturated heterocycles. The van der Waals surface area contributed by atoms with Crippen molar-refractivity contribution in [2.45, 2.75) is 17.9 Å². The molecule has 21 heavy (non-hydrogen) atoms. The first-order chi connectivity index (χ1) is 10.0. The van der Waals surface area contributed by atoms with Gasteiger partial charge in [-0.3, -0.25) is 0 Å². The number of sulfonamides is 1. The first kappa shape index (κ1) is 15.3. The zero-order chi connectivity index (χ0) is 15.3. The molecular weight excluding hydrogens is 290 g/mol. The summed E-state index contributed by atoms with van der Waals surface area (Å²) in [4.78, 5) is 4.07. The van der Waals surface area contributed by atoms with Crippen molar-refractivity contribution >= 4 is 21.4 Å². The number of nitrogens with zero attached hydrogens (tertiary/aromatic N) is 2. The number of benzene rings is 1. The van der Waals surface area contributed by atoms with Crippen molar-refractivity contribution in [2.75, 3.05) is 24.6 Å². The predicted molar refractivity (Wildman–Crippen MR) is 82.4 cm³/mol. The largest absolute Gasteiger partial charge is 0.398 e. The van der Waals surface area contributed by atoms with E-state index in [9.17, 15) is 8.42 Å². The Balaban J connectivity index is 1.91. The van der Waals surface area contributed by atoms with Crippen LogP contribution in [-0.4, -0.2) is 31.6 Å². The van der Waals surface area contributed by atoms with E-state index in [1.165, 1.54) is 13.1 Å². The van der Waals surface area contributed by atoms with Crippen molar-refractivity contribution in [3.8, 4) is 0 Å². The molecule has 114 valence electrons. The van der Waals surface area contributed by atoms with Crippen molar-refractivity contribution in [2.24, 2.45) is 0 Å². The Kier molecular flexibility index (Phi) is 4.81. The van der Waals surface area contributed by atoms with Gasteiger partial charge in [-0.1, -0.05) is 0 Å². The zero-order valence-electron chi connectivity index (χ0n) is 11.8. The molecule has 4 N–H and O–H groups in total. The number of nitrogen functional groups attached to an aromatic ring is 1. The molecule has 0 aliphatic carbocycles. The van der Waals surface area contributed by atoms with Gasteiger partial charge in [-0.2, -0.15) is 0 Å². The highest BCUT2D eigenvalue weighted by atomic mass is 32.2. The maximum atomic E-state index is 11.7. The van der Waals surface area contributed by atoms with E-state index in [4.69, 9.17) is 5.73 Å². The monoisotopic (exact) mass is 309 g/mol. The van der Waals surface area contributed by atoms with Crippen LogP contribution in [-0.2, 0) is 16.6 Å². The summed E-state index contributed by atoms with van der Waals surface area (Å²) >= 11 is 0. The average Bonchev–Trinajstić information content (AvgIpc) is 2.96. The van der Waals surface area contributed by atoms with Gasteiger partial charge >= 0.3 is 0 Å². The third kappa shape index (κ3) is 3.96. The van der Waals surface area contributed by atoms with E-state index < -0.39 is 10.0 Å². The average molecular weight is 309 g/mol. The fourth-order valence-electron chi connectivity index (χ4n) is 1.93. The number of hydrogen-bond acceptors (Lipinski definition) is 5. The van der Waals surface area contributed by atoms with Crippen molar-refractivity contribution in [1.29, 1.82) is 0 Å². The highest BCUT2D eigenvalue weighted by molar-refractivity contribution is 7.89. The van der Waals surface area contributed by atoms with E-state index in [0.29, 0.717) is 0 Å². The number of imidazole rings is 1. The molecule has 1 aromatic heterocycles. The molecule has 0 unspecified atom stereocenters. The minimum atomic E-state index is -3.51. The number of aryl methyl sites for hydroxylation is 1. The Morgan fingerprint density at radius 2 is 2.19 bits per heavy atom. The fraction of sp³-hybridized carbons (Fsp3) is 0.308. The second kappa shape index (κ2) is 6.59. The summed E-state index contributed by atoms with van der Waals surface area (Å²) in [5.41, 5.74) is 6.82. The van der Waals surface area contributed by atoms with Crippen molar-refractivity contribution in [1.82, 2.24) is 14.3 Å². The third-order valence-electron chi connectivity index (χ3n) is 3.05. The normalized spacial score (nSPS) is 11.5. The van der Waals surface area contributed by atoms with E-state index in [1.54, 1.807) is 24.7 Å². The molecule has 1 heterocycles. The summed E-state index contributed by atoms with van der Waals surface area (Å²) in [5, 5.41) is 3.22. The molecule has 0 fully saturated rings. The van der Waals surface area contributed by atoms with Gasteiger partial charge in [0.1, 0.15) is 4.90 Å². The lowest BCUT2D eigenvalue weighted by atomic mass is 10.2. The smallest absolute Gasteiger partial charge is 0.242 e. The first-order valence-corrected chi connectivity index (χ1v) is 8.04. The van der Waals surface area contributed by atoms with Crippen LogP contribution in [0.4, 0.5) is 11.4 Å². The second-order valence-corrected chi connectivity index (χ2v) is 6.40. The zero-order valence-corrected chi connectivity index (χ0v) is 12.6. The summed E-state index contributed by atoms with van der Waals surface area (Å²) in [6, 6.07) is 4.83. The highest BCUT2D eigenvalue weighted by Gasteiger charge is 2.14. The third-order valence-corrected chi connectivity index (χ3v) is 4.54. The number of hydrogen-bond donors (Lipinski definition) is 3. The Bertz CT molecular complexity index is 683. The molecule has 0 spiro atoms. The van der Waals surface area contributed by atoms with Crippen molar-refractivity contribution in [3.05, 3.63) is 36.9 Å². The molecule has 0 amide bonds. The van der Waals surface area contributed by atoms with Crippen LogP contribution < -0.4 is 15.8 Å². The van der Waals surface area contributed by atoms with Gasteiger partial charge in [0.15, 0.2) is 0 Å². The van der Waals surface area contributed by atoms with E-state index in [-0.39, 0.29) is 10.6 Å². The summed E-state index contributed by atoms with van der Waals surface area (Å²) in [7, 11) is -2.16. The molecule has 1 aromatic carbocycles. The maximum Gasteiger partial charge on any atom is 0.242 e. The van der Waals surface area contributed by atoms with Crippen LogP contribution in [0.5, 0.6) is 0 Å². The van der Waals surface area contributed by atoms with Crippen LogP contribution in [0.2, 0.25) is 0 Å². The molecule has 0 atom stereocenters. The SMILES string of the molecule is CNS(=O)(=O)c1ccc(NCCCn2ccnc2)cc1N. The molecular formula is C13H19N5O2S. The highest BCUT2D eigenvalue weighted by Crippen LogP contribution is 2.22. The molecule has 0 radical (unpaired) electrons. The number of rotatable bonds is 7. The van der Waals surface area contributed by atoms with Gasteiger partial charge < -0.3 is 15.6 Å². The van der Waals surface area contributed by atoms with E-state index in [1.807, 2.05) is 10.8 Å². The summed E-state index contributed by atoms with van der Waals surface area (Å²) in [5.74, 6) is 0. The molecule has 0 aliphatic rings. The lowest BCUT2D eigenvalue weighted by Crippen LogP contribution is -2.20. The number of nitrogens with one attached hydrogen (secondary N) is 2. The summed E-state index contributed by atoms with van der Waals surface area (Å²) in [6.45, 7) is 1.63. The summed E-state index contributed by atoms with van der Waals surface area (Å²) < 4.78 is 27.7. The Morgan fingerprint density at radius 3 is 2.81 bits per heavy atom. The van der Waals surface area contributed by atoms with Crippen LogP contribution >= 0.6 is 0 Å². The van der Waals surface area contributed by atoms with Crippen LogP contribution in [0.25, 0.3) is 0 Å². The Hall–Kier alpha value is -2.06. The van der Waals surface area contributed by atoms with Gasteiger partial charge in [0.05, 0.1) is 12.0 Å². The van der Waals surface area contributed by atoms with Gasteiger partial charge in [0, 0.05) is 31.2 Å². The summed E-state index contributed by atoms with van der Waals surface area (Å²) in [6.07, 6.45) is 6.35. The second-order valence-electron chi connectivity index (χ2n) is 4.54. The molecule has 0 aliphatic heterocycles. The van der Waals surface area contributed by atoms with Gasteiger partial charge in [-0.05, 0) is 31.7 Å². The Morgan fingerprint density at radius 1 is 1.38 bits per heavy atom. The number of anilines is 2. The standard InChI is InChI=1S/C13H19N5O2S/c1-15-21(19,20)13-4-3-11(9-12(13)14)17-5-2-7-18-8-6-16-10-18/h3-4,6,8-10,15,17H,2,5,7,14H2,1H3. The molecule has 0 saturated carbocycles. The van der Waals surface area contributed by atoms with Gasteiger partial charge in [-0.25, -0.2) is 18.1 Å². The molecule has 0 bridgehead atoms. The van der Waals surface area contributed by atoms with Gasteiger partial charge in [0.25, 0.3) is 0 Å². The predicted octanol–water partition coefficient (Wildman–Crippen LogP) is 0.876. The molecule has 7 nitrogen and oxygen atoms in total. The number of aromatic nitrogens is 2. The molecule has 2 aromatic rings. The minimum Gasteiger partial charge on any atom is -0.398 e. The van der Waals surface area contributed by atoms with Crippen LogP contribution in [0.3, 0.4) is 0 Å².